The van der Waals surface area contributed by atoms with Crippen molar-refractivity contribution in [2.75, 3.05) is 66.1 Å². The van der Waals surface area contributed by atoms with Crippen LogP contribution in [0.15, 0.2) is 18.2 Å². The van der Waals surface area contributed by atoms with Crippen LogP contribution in [0.3, 0.4) is 0 Å². The molecule has 2 fully saturated rings. The minimum absolute atomic E-state index is 0.257. The SMILES string of the molecule is C=S(=O)(N1CCN(Cc2ccc(OCC)c(F)c2)CC1)C1(C(N)=O)CCN(CCOC)CC1. The van der Waals surface area contributed by atoms with E-state index in [2.05, 4.69) is 15.7 Å². The number of ether oxygens (including phenoxy) is 2. The minimum atomic E-state index is -2.91. The van der Waals surface area contributed by atoms with E-state index >= 15 is 0 Å². The number of amides is 1. The third-order valence-electron chi connectivity index (χ3n) is 6.79. The summed E-state index contributed by atoms with van der Waals surface area (Å²) in [6.07, 6.45) is 0.861. The van der Waals surface area contributed by atoms with Crippen molar-refractivity contribution >= 4 is 21.5 Å². The number of hydrogen-bond acceptors (Lipinski definition) is 6. The molecule has 0 aliphatic carbocycles. The van der Waals surface area contributed by atoms with Gasteiger partial charge >= 0.3 is 0 Å². The van der Waals surface area contributed by atoms with E-state index in [9.17, 15) is 13.4 Å². The van der Waals surface area contributed by atoms with Crippen molar-refractivity contribution in [3.8, 4) is 5.75 Å². The van der Waals surface area contributed by atoms with Gasteiger partial charge < -0.3 is 20.1 Å². The Morgan fingerprint density at radius 2 is 1.85 bits per heavy atom. The third-order valence-corrected chi connectivity index (χ3v) is 9.82. The van der Waals surface area contributed by atoms with Crippen LogP contribution in [0.1, 0.15) is 25.3 Å². The van der Waals surface area contributed by atoms with Crippen molar-refractivity contribution in [3.63, 3.8) is 0 Å². The number of nitrogens with zero attached hydrogens (tertiary/aromatic N) is 3. The van der Waals surface area contributed by atoms with Gasteiger partial charge in [0.1, 0.15) is 4.75 Å². The number of benzene rings is 1. The number of piperidine rings is 1. The molecule has 33 heavy (non-hydrogen) atoms. The number of likely N-dealkylation sites (tertiary alicyclic amines) is 1. The molecule has 1 unspecified atom stereocenters. The second-order valence-corrected chi connectivity index (χ2v) is 11.3. The first-order chi connectivity index (χ1) is 15.7. The van der Waals surface area contributed by atoms with Crippen LogP contribution in [0.2, 0.25) is 0 Å². The second-order valence-electron chi connectivity index (χ2n) is 8.74. The normalized spacial score (nSPS) is 22.0. The van der Waals surface area contributed by atoms with Crippen LogP contribution in [0.4, 0.5) is 4.39 Å². The van der Waals surface area contributed by atoms with Crippen LogP contribution in [-0.2, 0) is 25.8 Å². The van der Waals surface area contributed by atoms with E-state index < -0.39 is 20.4 Å². The average molecular weight is 485 g/mol. The molecule has 0 radical (unpaired) electrons. The Labute approximate surface area is 196 Å². The number of hydrogen-bond donors (Lipinski definition) is 1. The van der Waals surface area contributed by atoms with E-state index in [-0.39, 0.29) is 11.6 Å². The molecule has 1 aromatic rings. The first kappa shape index (κ1) is 25.9. The predicted octanol–water partition coefficient (Wildman–Crippen LogP) is 0.940. The zero-order chi connectivity index (χ0) is 24.1. The van der Waals surface area contributed by atoms with Crippen molar-refractivity contribution < 1.29 is 22.9 Å². The largest absolute Gasteiger partial charge is 0.491 e. The van der Waals surface area contributed by atoms with Gasteiger partial charge in [-0.3, -0.25) is 13.9 Å². The zero-order valence-electron chi connectivity index (χ0n) is 19.8. The fourth-order valence-electron chi connectivity index (χ4n) is 4.68. The number of piperazine rings is 1. The summed E-state index contributed by atoms with van der Waals surface area (Å²) in [5, 5.41) is 0. The number of carbonyl (C=O) groups is 1. The summed E-state index contributed by atoms with van der Waals surface area (Å²) in [6, 6.07) is 5.02. The summed E-state index contributed by atoms with van der Waals surface area (Å²) in [5.74, 6) is 3.44. The van der Waals surface area contributed by atoms with Crippen LogP contribution < -0.4 is 10.5 Å². The van der Waals surface area contributed by atoms with Gasteiger partial charge in [0, 0.05) is 69.2 Å². The smallest absolute Gasteiger partial charge is 0.237 e. The highest BCUT2D eigenvalue weighted by Gasteiger charge is 2.49. The second kappa shape index (κ2) is 11.1. The van der Waals surface area contributed by atoms with Crippen LogP contribution >= 0.6 is 0 Å². The lowest BCUT2D eigenvalue weighted by Crippen LogP contribution is -2.63. The zero-order valence-corrected chi connectivity index (χ0v) is 20.6. The molecule has 0 spiro atoms. The van der Waals surface area contributed by atoms with Crippen LogP contribution in [-0.4, -0.2) is 101 Å². The van der Waals surface area contributed by atoms with Gasteiger partial charge in [0.2, 0.25) is 5.91 Å². The molecule has 1 atom stereocenters. The average Bonchev–Trinajstić information content (AvgIpc) is 2.80. The lowest BCUT2D eigenvalue weighted by molar-refractivity contribution is -0.121. The highest BCUT2D eigenvalue weighted by molar-refractivity contribution is 8.00. The van der Waals surface area contributed by atoms with Crippen LogP contribution in [0.5, 0.6) is 5.75 Å². The standard InChI is InChI=1S/C23H37FN4O4S/c1-4-32-21-6-5-19(17-20(21)24)18-27-11-13-28(14-12-27)33(3,30)23(22(25)29)7-9-26(10-8-23)15-16-31-2/h5-6,17H,3-4,7-16,18H2,1-2H3,(H2,25,29). The van der Waals surface area contributed by atoms with E-state index in [0.29, 0.717) is 71.9 Å². The van der Waals surface area contributed by atoms with Gasteiger partial charge in [-0.1, -0.05) is 6.07 Å². The molecular weight excluding hydrogens is 447 g/mol. The number of methoxy groups -OCH3 is 1. The fraction of sp³-hybridized carbons (Fsp3) is 0.652. The van der Waals surface area contributed by atoms with Crippen molar-refractivity contribution in [1.82, 2.24) is 14.1 Å². The lowest BCUT2D eigenvalue weighted by atomic mass is 9.95. The summed E-state index contributed by atoms with van der Waals surface area (Å²) in [7, 11) is -1.25. The van der Waals surface area contributed by atoms with Gasteiger partial charge in [-0.05, 0) is 43.3 Å². The Morgan fingerprint density at radius 1 is 1.18 bits per heavy atom. The quantitative estimate of drug-likeness (QED) is 0.498. The van der Waals surface area contributed by atoms with E-state index in [1.165, 1.54) is 6.07 Å². The molecule has 2 heterocycles. The first-order valence-corrected chi connectivity index (χ1v) is 13.2. The summed E-state index contributed by atoms with van der Waals surface area (Å²) < 4.78 is 39.3. The maximum absolute atomic E-state index is 14.2. The monoisotopic (exact) mass is 484 g/mol. The van der Waals surface area contributed by atoms with Gasteiger partial charge in [-0.25, -0.2) is 8.70 Å². The van der Waals surface area contributed by atoms with E-state index in [1.54, 1.807) is 13.2 Å². The highest BCUT2D eigenvalue weighted by atomic mass is 32.2. The first-order valence-electron chi connectivity index (χ1n) is 11.5. The molecule has 3 rings (SSSR count). The molecule has 8 nitrogen and oxygen atoms in total. The van der Waals surface area contributed by atoms with Crippen LogP contribution in [0.25, 0.3) is 0 Å². The summed E-state index contributed by atoms with van der Waals surface area (Å²) in [6.45, 7) is 7.83. The van der Waals surface area contributed by atoms with Gasteiger partial charge in [0.15, 0.2) is 11.6 Å². The Kier molecular flexibility index (Phi) is 8.74. The summed E-state index contributed by atoms with van der Waals surface area (Å²) >= 11 is 0. The maximum Gasteiger partial charge on any atom is 0.237 e. The molecule has 186 valence electrons. The number of halogens is 1. The Hall–Kier alpha value is -1.72. The molecule has 0 bridgehead atoms. The molecule has 10 heteroatoms. The molecule has 2 N–H and O–H groups in total. The molecular formula is C23H37FN4O4S. The number of carbonyl (C=O) groups excluding carboxylic acids is 1. The highest BCUT2D eigenvalue weighted by Crippen LogP contribution is 2.34. The molecule has 1 amide bonds. The fourth-order valence-corrected chi connectivity index (χ4v) is 7.07. The van der Waals surface area contributed by atoms with Crippen molar-refractivity contribution in [2.45, 2.75) is 31.1 Å². The minimum Gasteiger partial charge on any atom is -0.491 e. The van der Waals surface area contributed by atoms with Gasteiger partial charge in [0.05, 0.1) is 13.2 Å². The van der Waals surface area contributed by atoms with E-state index in [0.717, 1.165) is 12.1 Å². The molecule has 2 aliphatic rings. The van der Waals surface area contributed by atoms with E-state index in [4.69, 9.17) is 15.2 Å². The van der Waals surface area contributed by atoms with Gasteiger partial charge in [0.25, 0.3) is 0 Å². The molecule has 0 aromatic heterocycles. The Morgan fingerprint density at radius 3 is 2.39 bits per heavy atom. The molecule has 2 aliphatic heterocycles. The summed E-state index contributed by atoms with van der Waals surface area (Å²) in [5.41, 5.74) is 6.69. The van der Waals surface area contributed by atoms with E-state index in [1.807, 2.05) is 17.3 Å². The van der Waals surface area contributed by atoms with Crippen molar-refractivity contribution in [3.05, 3.63) is 29.6 Å². The van der Waals surface area contributed by atoms with Crippen molar-refractivity contribution in [1.29, 1.82) is 0 Å². The number of primary amides is 1. The molecule has 1 aromatic carbocycles. The van der Waals surface area contributed by atoms with Gasteiger partial charge in [-0.15, -0.1) is 0 Å². The summed E-state index contributed by atoms with van der Waals surface area (Å²) in [4.78, 5) is 17.0. The number of rotatable bonds is 10. The van der Waals surface area contributed by atoms with Crippen LogP contribution in [0, 0.1) is 5.82 Å². The lowest BCUT2D eigenvalue weighted by Gasteiger charge is -2.46. The van der Waals surface area contributed by atoms with Crippen molar-refractivity contribution in [2.24, 2.45) is 5.73 Å². The topological polar surface area (TPSA) is 88.3 Å². The Bertz CT molecular complexity index is 911. The molecule has 0 saturated carbocycles. The third kappa shape index (κ3) is 5.68. The number of nitrogens with two attached hydrogens (primary N) is 1. The predicted molar refractivity (Wildman–Crippen MR) is 129 cm³/mol. The maximum atomic E-state index is 14.2. The van der Waals surface area contributed by atoms with Gasteiger partial charge in [-0.2, -0.15) is 0 Å². The molecule has 2 saturated heterocycles. The Balaban J connectivity index is 1.61.